The van der Waals surface area contributed by atoms with E-state index < -0.39 is 0 Å². The molecule has 0 saturated carbocycles. The molecule has 1 N–H and O–H groups in total. The maximum Gasteiger partial charge on any atom is 0.0660 e. The van der Waals surface area contributed by atoms with Crippen LogP contribution in [0.5, 0.6) is 0 Å². The molecule has 0 saturated heterocycles. The van der Waals surface area contributed by atoms with Gasteiger partial charge in [0, 0.05) is 13.7 Å². The third-order valence-corrected chi connectivity index (χ3v) is 0.893. The van der Waals surface area contributed by atoms with Crippen LogP contribution in [0.15, 0.2) is 12.3 Å². The van der Waals surface area contributed by atoms with Gasteiger partial charge in [0.2, 0.25) is 0 Å². The lowest BCUT2D eigenvalue weighted by atomic mass is 10.5. The standard InChI is InChI=1S/C7H15NO/c1-3-5-8-6-4-7-9-2/h4,6,8H,3,5,7H2,1-2H3. The summed E-state index contributed by atoms with van der Waals surface area (Å²) in [5.74, 6) is 0. The molecule has 0 aromatic rings. The first-order valence-corrected chi connectivity index (χ1v) is 3.29. The highest BCUT2D eigenvalue weighted by atomic mass is 16.5. The number of hydrogen-bond acceptors (Lipinski definition) is 2. The highest BCUT2D eigenvalue weighted by Crippen LogP contribution is 1.72. The van der Waals surface area contributed by atoms with Crippen molar-refractivity contribution in [3.63, 3.8) is 0 Å². The van der Waals surface area contributed by atoms with Crippen molar-refractivity contribution in [2.45, 2.75) is 13.3 Å². The van der Waals surface area contributed by atoms with Gasteiger partial charge in [-0.05, 0) is 18.7 Å². The van der Waals surface area contributed by atoms with Crippen molar-refractivity contribution >= 4 is 0 Å². The summed E-state index contributed by atoms with van der Waals surface area (Å²) < 4.78 is 4.80. The molecule has 0 spiro atoms. The molecular weight excluding hydrogens is 114 g/mol. The third kappa shape index (κ3) is 7.50. The Bertz CT molecular complexity index is 71.3. The number of ether oxygens (including phenoxy) is 1. The van der Waals surface area contributed by atoms with E-state index in [1.54, 1.807) is 7.11 Å². The minimum atomic E-state index is 0.691. The van der Waals surface area contributed by atoms with Crippen LogP contribution in [0.3, 0.4) is 0 Å². The first-order valence-electron chi connectivity index (χ1n) is 3.29. The van der Waals surface area contributed by atoms with Gasteiger partial charge < -0.3 is 10.1 Å². The zero-order valence-electron chi connectivity index (χ0n) is 6.18. The molecule has 0 fully saturated rings. The largest absolute Gasteiger partial charge is 0.391 e. The number of hydrogen-bond donors (Lipinski definition) is 1. The third-order valence-electron chi connectivity index (χ3n) is 0.893. The van der Waals surface area contributed by atoms with Gasteiger partial charge in [0.1, 0.15) is 0 Å². The molecule has 2 heteroatoms. The highest BCUT2D eigenvalue weighted by molar-refractivity contribution is 4.78. The van der Waals surface area contributed by atoms with Gasteiger partial charge in [0.05, 0.1) is 6.61 Å². The molecule has 0 radical (unpaired) electrons. The highest BCUT2D eigenvalue weighted by Gasteiger charge is 1.72. The van der Waals surface area contributed by atoms with Crippen LogP contribution in [-0.4, -0.2) is 20.3 Å². The van der Waals surface area contributed by atoms with Crippen LogP contribution >= 0.6 is 0 Å². The minimum Gasteiger partial charge on any atom is -0.391 e. The second-order valence-corrected chi connectivity index (χ2v) is 1.81. The second-order valence-electron chi connectivity index (χ2n) is 1.81. The van der Waals surface area contributed by atoms with Crippen LogP contribution in [0, 0.1) is 0 Å². The Morgan fingerprint density at radius 2 is 2.33 bits per heavy atom. The molecule has 0 amide bonds. The first-order chi connectivity index (χ1) is 4.41. The summed E-state index contributed by atoms with van der Waals surface area (Å²) in [6, 6.07) is 0. The topological polar surface area (TPSA) is 21.3 Å². The van der Waals surface area contributed by atoms with E-state index in [1.165, 1.54) is 0 Å². The van der Waals surface area contributed by atoms with Crippen LogP contribution < -0.4 is 5.32 Å². The van der Waals surface area contributed by atoms with E-state index in [0.29, 0.717) is 6.61 Å². The fraction of sp³-hybridized carbons (Fsp3) is 0.714. The fourth-order valence-electron chi connectivity index (χ4n) is 0.455. The SMILES string of the molecule is CCCNC=CCOC. The summed E-state index contributed by atoms with van der Waals surface area (Å²) in [5, 5.41) is 3.11. The Labute approximate surface area is 56.9 Å². The van der Waals surface area contributed by atoms with Gasteiger partial charge in [-0.15, -0.1) is 0 Å². The molecule has 0 rings (SSSR count). The minimum absolute atomic E-state index is 0.691. The van der Waals surface area contributed by atoms with E-state index in [9.17, 15) is 0 Å². The van der Waals surface area contributed by atoms with Gasteiger partial charge in [-0.2, -0.15) is 0 Å². The van der Waals surface area contributed by atoms with E-state index >= 15 is 0 Å². The van der Waals surface area contributed by atoms with Gasteiger partial charge in [-0.3, -0.25) is 0 Å². The molecule has 2 nitrogen and oxygen atoms in total. The monoisotopic (exact) mass is 129 g/mol. The number of rotatable bonds is 5. The quantitative estimate of drug-likeness (QED) is 0.562. The Balaban J connectivity index is 2.86. The summed E-state index contributed by atoms with van der Waals surface area (Å²) in [7, 11) is 1.68. The Morgan fingerprint density at radius 3 is 2.89 bits per heavy atom. The van der Waals surface area contributed by atoms with Crippen LogP contribution in [0.2, 0.25) is 0 Å². The van der Waals surface area contributed by atoms with Crippen molar-refractivity contribution < 1.29 is 4.74 Å². The Morgan fingerprint density at radius 1 is 1.56 bits per heavy atom. The Kier molecular flexibility index (Phi) is 7.08. The smallest absolute Gasteiger partial charge is 0.0660 e. The van der Waals surface area contributed by atoms with Crippen molar-refractivity contribution in [2.75, 3.05) is 20.3 Å². The van der Waals surface area contributed by atoms with E-state index in [2.05, 4.69) is 12.2 Å². The first kappa shape index (κ1) is 8.50. The molecule has 9 heavy (non-hydrogen) atoms. The van der Waals surface area contributed by atoms with Gasteiger partial charge in [-0.25, -0.2) is 0 Å². The van der Waals surface area contributed by atoms with Crippen molar-refractivity contribution in [1.82, 2.24) is 5.32 Å². The van der Waals surface area contributed by atoms with Crippen molar-refractivity contribution in [2.24, 2.45) is 0 Å². The summed E-state index contributed by atoms with van der Waals surface area (Å²) in [4.78, 5) is 0. The molecular formula is C7H15NO. The predicted molar refractivity (Wildman–Crippen MR) is 39.3 cm³/mol. The molecule has 0 aliphatic rings. The lowest BCUT2D eigenvalue weighted by Crippen LogP contribution is -2.05. The number of methoxy groups -OCH3 is 1. The fourth-order valence-corrected chi connectivity index (χ4v) is 0.455. The van der Waals surface area contributed by atoms with E-state index in [4.69, 9.17) is 4.74 Å². The predicted octanol–water partition coefficient (Wildman–Crippen LogP) is 1.15. The molecule has 0 aromatic carbocycles. The lowest BCUT2D eigenvalue weighted by molar-refractivity contribution is 0.233. The molecule has 0 aliphatic carbocycles. The maximum absolute atomic E-state index is 4.80. The summed E-state index contributed by atoms with van der Waals surface area (Å²) >= 11 is 0. The summed E-state index contributed by atoms with van der Waals surface area (Å²) in [6.45, 7) is 3.87. The zero-order chi connectivity index (χ0) is 6.95. The van der Waals surface area contributed by atoms with Gasteiger partial charge in [0.25, 0.3) is 0 Å². The lowest BCUT2D eigenvalue weighted by Gasteiger charge is -1.93. The molecule has 0 atom stereocenters. The zero-order valence-corrected chi connectivity index (χ0v) is 6.18. The average Bonchev–Trinajstić information content (AvgIpc) is 1.89. The average molecular weight is 129 g/mol. The number of nitrogens with one attached hydrogen (secondary N) is 1. The summed E-state index contributed by atoms with van der Waals surface area (Å²) in [6.07, 6.45) is 5.04. The van der Waals surface area contributed by atoms with E-state index in [1.807, 2.05) is 12.3 Å². The van der Waals surface area contributed by atoms with Crippen LogP contribution in [0.25, 0.3) is 0 Å². The van der Waals surface area contributed by atoms with E-state index in [-0.39, 0.29) is 0 Å². The van der Waals surface area contributed by atoms with Gasteiger partial charge >= 0.3 is 0 Å². The summed E-state index contributed by atoms with van der Waals surface area (Å²) in [5.41, 5.74) is 0. The van der Waals surface area contributed by atoms with E-state index in [0.717, 1.165) is 13.0 Å². The molecule has 0 aromatic heterocycles. The van der Waals surface area contributed by atoms with Crippen molar-refractivity contribution in [3.05, 3.63) is 12.3 Å². The molecule has 0 bridgehead atoms. The van der Waals surface area contributed by atoms with Gasteiger partial charge in [0.15, 0.2) is 0 Å². The second kappa shape index (κ2) is 7.50. The van der Waals surface area contributed by atoms with Crippen LogP contribution in [0.1, 0.15) is 13.3 Å². The van der Waals surface area contributed by atoms with Crippen molar-refractivity contribution in [3.8, 4) is 0 Å². The maximum atomic E-state index is 4.80. The molecule has 0 aliphatic heterocycles. The van der Waals surface area contributed by atoms with Crippen LogP contribution in [0.4, 0.5) is 0 Å². The molecule has 54 valence electrons. The normalized spacial score (nSPS) is 10.4. The molecule has 0 heterocycles. The van der Waals surface area contributed by atoms with Crippen molar-refractivity contribution in [1.29, 1.82) is 0 Å². The van der Waals surface area contributed by atoms with Gasteiger partial charge in [-0.1, -0.05) is 6.92 Å². The molecule has 0 unspecified atom stereocenters. The Hall–Kier alpha value is -0.500. The van der Waals surface area contributed by atoms with Crippen LogP contribution in [-0.2, 0) is 4.74 Å².